The zero-order chi connectivity index (χ0) is 13.0. The van der Waals surface area contributed by atoms with Crippen molar-refractivity contribution in [1.82, 2.24) is 15.6 Å². The molecule has 6 nitrogen and oxygen atoms in total. The number of nitrogens with zero attached hydrogens (tertiary/aromatic N) is 2. The molecule has 7 heteroatoms. The maximum Gasteiger partial charge on any atom is 0.277 e. The lowest BCUT2D eigenvalue weighted by Gasteiger charge is -2.03. The maximum atomic E-state index is 11.6. The third-order valence-electron chi connectivity index (χ3n) is 2.34. The highest BCUT2D eigenvalue weighted by molar-refractivity contribution is 6.30. The Morgan fingerprint density at radius 3 is 2.67 bits per heavy atom. The molecule has 0 aliphatic heterocycles. The number of anilines is 1. The molecular weight excluding hydrogens is 256 g/mol. The van der Waals surface area contributed by atoms with Gasteiger partial charge in [-0.25, -0.2) is 4.63 Å². The van der Waals surface area contributed by atoms with Crippen molar-refractivity contribution in [3.8, 4) is 0 Å². The number of nitrogen functional groups attached to an aromatic ring is 1. The van der Waals surface area contributed by atoms with Gasteiger partial charge in [0.15, 0.2) is 0 Å². The Morgan fingerprint density at radius 1 is 1.33 bits per heavy atom. The normalized spacial score (nSPS) is 10.3. The standard InChI is InChI=1S/C11H11ClN4O2/c12-8-3-1-7(2-4-8)5-6-14-11(17)9-10(13)16-18-15-9/h1-4H,5-6H2,(H2,13,16)(H,14,17). The quantitative estimate of drug-likeness (QED) is 0.869. The Morgan fingerprint density at radius 2 is 2.06 bits per heavy atom. The number of rotatable bonds is 4. The third-order valence-corrected chi connectivity index (χ3v) is 2.59. The zero-order valence-electron chi connectivity index (χ0n) is 9.39. The maximum absolute atomic E-state index is 11.6. The van der Waals surface area contributed by atoms with E-state index < -0.39 is 5.91 Å². The average molecular weight is 267 g/mol. The number of hydrogen-bond acceptors (Lipinski definition) is 5. The fraction of sp³-hybridized carbons (Fsp3) is 0.182. The molecule has 18 heavy (non-hydrogen) atoms. The van der Waals surface area contributed by atoms with Crippen molar-refractivity contribution in [3.63, 3.8) is 0 Å². The molecule has 0 saturated heterocycles. The van der Waals surface area contributed by atoms with E-state index in [1.807, 2.05) is 12.1 Å². The largest absolute Gasteiger partial charge is 0.379 e. The van der Waals surface area contributed by atoms with Crippen LogP contribution >= 0.6 is 11.6 Å². The van der Waals surface area contributed by atoms with Gasteiger partial charge in [0, 0.05) is 11.6 Å². The van der Waals surface area contributed by atoms with Gasteiger partial charge < -0.3 is 11.1 Å². The van der Waals surface area contributed by atoms with Crippen LogP contribution in [0.2, 0.25) is 5.02 Å². The second kappa shape index (κ2) is 5.50. The monoisotopic (exact) mass is 266 g/mol. The van der Waals surface area contributed by atoms with Gasteiger partial charge in [-0.15, -0.1) is 0 Å². The molecule has 1 aromatic heterocycles. The molecular formula is C11H11ClN4O2. The predicted octanol–water partition coefficient (Wildman–Crippen LogP) is 1.28. The Kier molecular flexibility index (Phi) is 3.78. The Bertz CT molecular complexity index is 538. The molecule has 0 saturated carbocycles. The predicted molar refractivity (Wildman–Crippen MR) is 66.2 cm³/mol. The minimum Gasteiger partial charge on any atom is -0.379 e. The first-order valence-corrected chi connectivity index (χ1v) is 5.65. The number of nitrogens with two attached hydrogens (primary N) is 1. The molecule has 0 aliphatic carbocycles. The number of hydrogen-bond donors (Lipinski definition) is 2. The van der Waals surface area contributed by atoms with Crippen LogP contribution in [0.5, 0.6) is 0 Å². The molecule has 0 radical (unpaired) electrons. The summed E-state index contributed by atoms with van der Waals surface area (Å²) >= 11 is 5.77. The van der Waals surface area contributed by atoms with Crippen molar-refractivity contribution in [1.29, 1.82) is 0 Å². The van der Waals surface area contributed by atoms with Gasteiger partial charge in [0.05, 0.1) is 0 Å². The second-order valence-electron chi connectivity index (χ2n) is 3.63. The number of aromatic nitrogens is 2. The molecule has 1 amide bonds. The number of halogens is 1. The van der Waals surface area contributed by atoms with Crippen LogP contribution in [0, 0.1) is 0 Å². The number of nitrogens with one attached hydrogen (secondary N) is 1. The van der Waals surface area contributed by atoms with Crippen LogP contribution in [0.1, 0.15) is 16.1 Å². The highest BCUT2D eigenvalue weighted by Gasteiger charge is 2.14. The summed E-state index contributed by atoms with van der Waals surface area (Å²) in [6, 6.07) is 7.41. The van der Waals surface area contributed by atoms with E-state index >= 15 is 0 Å². The summed E-state index contributed by atoms with van der Waals surface area (Å²) in [5.74, 6) is -0.415. The molecule has 94 valence electrons. The molecule has 0 spiro atoms. The molecule has 0 unspecified atom stereocenters. The van der Waals surface area contributed by atoms with E-state index in [4.69, 9.17) is 17.3 Å². The van der Waals surface area contributed by atoms with Gasteiger partial charge in [0.2, 0.25) is 11.5 Å². The van der Waals surface area contributed by atoms with Gasteiger partial charge in [0.1, 0.15) is 0 Å². The van der Waals surface area contributed by atoms with E-state index in [-0.39, 0.29) is 11.5 Å². The number of carbonyl (C=O) groups excluding carboxylic acids is 1. The van der Waals surface area contributed by atoms with E-state index in [2.05, 4.69) is 20.3 Å². The average Bonchev–Trinajstić information content (AvgIpc) is 2.78. The summed E-state index contributed by atoms with van der Waals surface area (Å²) < 4.78 is 4.34. The summed E-state index contributed by atoms with van der Waals surface area (Å²) in [6.45, 7) is 0.465. The van der Waals surface area contributed by atoms with Crippen molar-refractivity contribution < 1.29 is 9.42 Å². The van der Waals surface area contributed by atoms with Gasteiger partial charge in [-0.05, 0) is 34.4 Å². The summed E-state index contributed by atoms with van der Waals surface area (Å²) in [4.78, 5) is 11.6. The minimum absolute atomic E-state index is 0.00565. The number of benzene rings is 1. The smallest absolute Gasteiger partial charge is 0.277 e. The van der Waals surface area contributed by atoms with Gasteiger partial charge in [-0.2, -0.15) is 0 Å². The van der Waals surface area contributed by atoms with E-state index in [0.29, 0.717) is 18.0 Å². The van der Waals surface area contributed by atoms with Crippen molar-refractivity contribution in [2.75, 3.05) is 12.3 Å². The minimum atomic E-state index is -0.400. The van der Waals surface area contributed by atoms with Gasteiger partial charge in [0.25, 0.3) is 5.91 Å². The molecule has 0 atom stereocenters. The van der Waals surface area contributed by atoms with Crippen LogP contribution in [0.4, 0.5) is 5.82 Å². The molecule has 1 heterocycles. The molecule has 0 fully saturated rings. The van der Waals surface area contributed by atoms with Gasteiger partial charge >= 0.3 is 0 Å². The Balaban J connectivity index is 1.84. The lowest BCUT2D eigenvalue weighted by atomic mass is 10.1. The third kappa shape index (κ3) is 2.98. The van der Waals surface area contributed by atoms with Crippen LogP contribution in [0.15, 0.2) is 28.9 Å². The van der Waals surface area contributed by atoms with E-state index in [9.17, 15) is 4.79 Å². The number of carbonyl (C=O) groups is 1. The van der Waals surface area contributed by atoms with Crippen LogP contribution < -0.4 is 11.1 Å². The van der Waals surface area contributed by atoms with Crippen LogP contribution in [-0.2, 0) is 6.42 Å². The summed E-state index contributed by atoms with van der Waals surface area (Å²) in [5, 5.41) is 10.1. The van der Waals surface area contributed by atoms with Gasteiger partial charge in [-0.3, -0.25) is 4.79 Å². The second-order valence-corrected chi connectivity index (χ2v) is 4.07. The first-order chi connectivity index (χ1) is 8.66. The van der Waals surface area contributed by atoms with Crippen molar-refractivity contribution in [3.05, 3.63) is 40.5 Å². The van der Waals surface area contributed by atoms with E-state index in [1.165, 1.54) is 0 Å². The summed E-state index contributed by atoms with van der Waals surface area (Å²) in [7, 11) is 0. The van der Waals surface area contributed by atoms with Crippen LogP contribution in [-0.4, -0.2) is 22.8 Å². The fourth-order valence-corrected chi connectivity index (χ4v) is 1.53. The Hall–Kier alpha value is -2.08. The topological polar surface area (TPSA) is 94.0 Å². The SMILES string of the molecule is Nc1nonc1C(=O)NCCc1ccc(Cl)cc1. The Labute approximate surface area is 108 Å². The van der Waals surface area contributed by atoms with Crippen LogP contribution in [0.3, 0.4) is 0 Å². The van der Waals surface area contributed by atoms with Crippen molar-refractivity contribution in [2.24, 2.45) is 0 Å². The van der Waals surface area contributed by atoms with Crippen molar-refractivity contribution >= 4 is 23.3 Å². The first kappa shape index (κ1) is 12.4. The molecule has 0 bridgehead atoms. The fourth-order valence-electron chi connectivity index (χ4n) is 1.41. The summed E-state index contributed by atoms with van der Waals surface area (Å²) in [6.07, 6.45) is 0.689. The highest BCUT2D eigenvalue weighted by Crippen LogP contribution is 2.09. The van der Waals surface area contributed by atoms with Gasteiger partial charge in [-0.1, -0.05) is 23.7 Å². The van der Waals surface area contributed by atoms with Crippen LogP contribution in [0.25, 0.3) is 0 Å². The zero-order valence-corrected chi connectivity index (χ0v) is 10.1. The lowest BCUT2D eigenvalue weighted by molar-refractivity contribution is 0.0945. The van der Waals surface area contributed by atoms with Crippen molar-refractivity contribution in [2.45, 2.75) is 6.42 Å². The molecule has 2 rings (SSSR count). The lowest BCUT2D eigenvalue weighted by Crippen LogP contribution is -2.26. The molecule has 3 N–H and O–H groups in total. The molecule has 0 aliphatic rings. The highest BCUT2D eigenvalue weighted by atomic mass is 35.5. The molecule has 2 aromatic rings. The van der Waals surface area contributed by atoms with E-state index in [1.54, 1.807) is 12.1 Å². The number of amides is 1. The molecule has 1 aromatic carbocycles. The first-order valence-electron chi connectivity index (χ1n) is 5.27. The van der Waals surface area contributed by atoms with E-state index in [0.717, 1.165) is 5.56 Å². The summed E-state index contributed by atoms with van der Waals surface area (Å²) in [5.41, 5.74) is 6.48.